The molecule has 0 spiro atoms. The van der Waals surface area contributed by atoms with Crippen molar-refractivity contribution in [2.75, 3.05) is 7.05 Å². The van der Waals surface area contributed by atoms with E-state index in [1.807, 2.05) is 13.8 Å². The van der Waals surface area contributed by atoms with E-state index in [0.717, 1.165) is 4.88 Å². The topological polar surface area (TPSA) is 46.1 Å². The Bertz CT molecular complexity index is 480. The van der Waals surface area contributed by atoms with Crippen molar-refractivity contribution in [1.82, 2.24) is 14.5 Å². The molecule has 4 nitrogen and oxygen atoms in total. The number of hydrogen-bond donors (Lipinski definition) is 0. The van der Waals surface area contributed by atoms with Gasteiger partial charge in [-0.3, -0.25) is 4.79 Å². The maximum Gasteiger partial charge on any atom is 0.275 e. The molecule has 1 fully saturated rings. The molecule has 2 rings (SSSR count). The lowest BCUT2D eigenvalue weighted by Crippen LogP contribution is -2.42. The van der Waals surface area contributed by atoms with Gasteiger partial charge in [-0.15, -0.1) is 5.10 Å². The van der Waals surface area contributed by atoms with E-state index in [0.29, 0.717) is 18.5 Å². The van der Waals surface area contributed by atoms with Gasteiger partial charge in [0.2, 0.25) is 5.92 Å². The van der Waals surface area contributed by atoms with Crippen molar-refractivity contribution in [1.29, 1.82) is 0 Å². The summed E-state index contributed by atoms with van der Waals surface area (Å²) in [5.74, 6) is -2.61. The largest absolute Gasteiger partial charge is 0.337 e. The van der Waals surface area contributed by atoms with E-state index >= 15 is 0 Å². The average Bonchev–Trinajstić information content (AvgIpc) is 2.86. The Labute approximate surface area is 121 Å². The van der Waals surface area contributed by atoms with Gasteiger partial charge in [0.05, 0.1) is 4.88 Å². The van der Waals surface area contributed by atoms with E-state index in [4.69, 9.17) is 0 Å². The molecule has 1 aliphatic rings. The number of carbonyl (C=O) groups is 1. The summed E-state index contributed by atoms with van der Waals surface area (Å²) >= 11 is 1.22. The van der Waals surface area contributed by atoms with Crippen LogP contribution in [0.1, 0.15) is 60.8 Å². The van der Waals surface area contributed by atoms with Gasteiger partial charge in [0.25, 0.3) is 5.91 Å². The molecule has 7 heteroatoms. The minimum atomic E-state index is -2.58. The number of halogens is 2. The molecule has 0 aliphatic heterocycles. The van der Waals surface area contributed by atoms with E-state index < -0.39 is 5.92 Å². The normalized spacial score (nSPS) is 19.3. The lowest BCUT2D eigenvalue weighted by atomic mass is 9.91. The lowest BCUT2D eigenvalue weighted by molar-refractivity contribution is -0.0491. The maximum absolute atomic E-state index is 13.2. The van der Waals surface area contributed by atoms with Gasteiger partial charge < -0.3 is 4.90 Å². The van der Waals surface area contributed by atoms with Crippen LogP contribution in [0.2, 0.25) is 0 Å². The number of rotatable bonds is 3. The predicted molar refractivity (Wildman–Crippen MR) is 73.3 cm³/mol. The second-order valence-corrected chi connectivity index (χ2v) is 6.43. The summed E-state index contributed by atoms with van der Waals surface area (Å²) in [5, 5.41) is 3.91. The molecule has 1 aromatic heterocycles. The molecular weight excluding hydrogens is 284 g/mol. The standard InChI is InChI=1S/C13H19F2N3OS/c1-8(2)11-10(16-17-20-11)12(19)18(3)9-4-6-13(14,15)7-5-9/h8-9H,4-7H2,1-3H3. The third-order valence-corrected chi connectivity index (χ3v) is 4.82. The molecule has 0 bridgehead atoms. The molecule has 1 heterocycles. The second kappa shape index (κ2) is 5.71. The molecule has 1 amide bonds. The number of carbonyl (C=O) groups excluding carboxylic acids is 1. The van der Waals surface area contributed by atoms with Crippen LogP contribution in [0.25, 0.3) is 0 Å². The molecular formula is C13H19F2N3OS. The highest BCUT2D eigenvalue weighted by Crippen LogP contribution is 2.35. The van der Waals surface area contributed by atoms with Gasteiger partial charge >= 0.3 is 0 Å². The van der Waals surface area contributed by atoms with Crippen LogP contribution >= 0.6 is 11.5 Å². The Kier molecular flexibility index (Phi) is 4.36. The third-order valence-electron chi connectivity index (χ3n) is 3.80. The Hall–Kier alpha value is -1.11. The molecule has 0 aromatic carbocycles. The molecule has 0 N–H and O–H groups in total. The summed E-state index contributed by atoms with van der Waals surface area (Å²) in [7, 11) is 1.67. The van der Waals surface area contributed by atoms with Crippen molar-refractivity contribution in [3.8, 4) is 0 Å². The fourth-order valence-electron chi connectivity index (χ4n) is 2.47. The first-order valence-corrected chi connectivity index (χ1v) is 7.56. The van der Waals surface area contributed by atoms with Gasteiger partial charge in [-0.05, 0) is 30.3 Å². The zero-order valence-electron chi connectivity index (χ0n) is 11.9. The van der Waals surface area contributed by atoms with Crippen molar-refractivity contribution in [3.63, 3.8) is 0 Å². The highest BCUT2D eigenvalue weighted by Gasteiger charge is 2.38. The van der Waals surface area contributed by atoms with Gasteiger partial charge in [0.1, 0.15) is 0 Å². The molecule has 0 unspecified atom stereocenters. The Balaban J connectivity index is 2.07. The van der Waals surface area contributed by atoms with Gasteiger partial charge in [0.15, 0.2) is 5.69 Å². The van der Waals surface area contributed by atoms with Gasteiger partial charge in [-0.1, -0.05) is 18.3 Å². The summed E-state index contributed by atoms with van der Waals surface area (Å²) in [6.07, 6.45) is 0.372. The first-order valence-electron chi connectivity index (χ1n) is 6.79. The first-order chi connectivity index (χ1) is 9.32. The van der Waals surface area contributed by atoms with Crippen molar-refractivity contribution in [3.05, 3.63) is 10.6 Å². The Morgan fingerprint density at radius 1 is 1.40 bits per heavy atom. The summed E-state index contributed by atoms with van der Waals surface area (Å²) in [4.78, 5) is 14.8. The highest BCUT2D eigenvalue weighted by molar-refractivity contribution is 7.05. The monoisotopic (exact) mass is 303 g/mol. The zero-order valence-corrected chi connectivity index (χ0v) is 12.7. The Morgan fingerprint density at radius 3 is 2.55 bits per heavy atom. The highest BCUT2D eigenvalue weighted by atomic mass is 32.1. The minimum Gasteiger partial charge on any atom is -0.337 e. The van der Waals surface area contributed by atoms with E-state index in [-0.39, 0.29) is 30.7 Å². The number of hydrogen-bond acceptors (Lipinski definition) is 4. The lowest BCUT2D eigenvalue weighted by Gasteiger charge is -2.34. The summed E-state index contributed by atoms with van der Waals surface area (Å²) < 4.78 is 30.2. The van der Waals surface area contributed by atoms with Crippen molar-refractivity contribution in [2.45, 2.75) is 57.4 Å². The Morgan fingerprint density at radius 2 is 2.00 bits per heavy atom. The molecule has 0 atom stereocenters. The van der Waals surface area contributed by atoms with Crippen LogP contribution in [0.15, 0.2) is 0 Å². The van der Waals surface area contributed by atoms with E-state index in [1.54, 1.807) is 11.9 Å². The first kappa shape index (κ1) is 15.3. The van der Waals surface area contributed by atoms with E-state index in [1.165, 1.54) is 11.5 Å². The predicted octanol–water partition coefficient (Wildman–Crippen LogP) is 3.31. The van der Waals surface area contributed by atoms with Gasteiger partial charge in [-0.25, -0.2) is 8.78 Å². The average molecular weight is 303 g/mol. The summed E-state index contributed by atoms with van der Waals surface area (Å²) in [6, 6.07) is -0.135. The van der Waals surface area contributed by atoms with Crippen LogP contribution in [0.4, 0.5) is 8.78 Å². The maximum atomic E-state index is 13.2. The number of amides is 1. The second-order valence-electron chi connectivity index (χ2n) is 5.64. The smallest absolute Gasteiger partial charge is 0.275 e. The van der Waals surface area contributed by atoms with Crippen LogP contribution in [-0.2, 0) is 0 Å². The van der Waals surface area contributed by atoms with Gasteiger partial charge in [0, 0.05) is 25.9 Å². The van der Waals surface area contributed by atoms with E-state index in [2.05, 4.69) is 9.59 Å². The molecule has 20 heavy (non-hydrogen) atoms. The third kappa shape index (κ3) is 3.13. The van der Waals surface area contributed by atoms with Crippen LogP contribution < -0.4 is 0 Å². The van der Waals surface area contributed by atoms with E-state index in [9.17, 15) is 13.6 Å². The number of alkyl halides is 2. The van der Waals surface area contributed by atoms with Crippen LogP contribution in [-0.4, -0.2) is 39.4 Å². The molecule has 0 radical (unpaired) electrons. The van der Waals surface area contributed by atoms with Gasteiger partial charge in [-0.2, -0.15) is 0 Å². The zero-order chi connectivity index (χ0) is 14.9. The van der Waals surface area contributed by atoms with Crippen molar-refractivity contribution in [2.24, 2.45) is 0 Å². The van der Waals surface area contributed by atoms with Crippen LogP contribution in [0, 0.1) is 0 Å². The molecule has 1 aliphatic carbocycles. The number of nitrogens with zero attached hydrogens (tertiary/aromatic N) is 3. The fraction of sp³-hybridized carbons (Fsp3) is 0.769. The summed E-state index contributed by atoms with van der Waals surface area (Å²) in [5.41, 5.74) is 0.366. The molecule has 112 valence electrons. The molecule has 0 saturated heterocycles. The molecule has 1 saturated carbocycles. The van der Waals surface area contributed by atoms with Crippen molar-refractivity contribution >= 4 is 17.4 Å². The van der Waals surface area contributed by atoms with Crippen molar-refractivity contribution < 1.29 is 13.6 Å². The van der Waals surface area contributed by atoms with Crippen LogP contribution in [0.3, 0.4) is 0 Å². The number of aromatic nitrogens is 2. The minimum absolute atomic E-state index is 0.135. The quantitative estimate of drug-likeness (QED) is 0.860. The SMILES string of the molecule is CC(C)c1snnc1C(=O)N(C)C1CCC(F)(F)CC1. The fourth-order valence-corrected chi connectivity index (χ4v) is 3.11. The van der Waals surface area contributed by atoms with Crippen LogP contribution in [0.5, 0.6) is 0 Å². The molecule has 1 aromatic rings. The summed E-state index contributed by atoms with van der Waals surface area (Å²) in [6.45, 7) is 3.96.